The quantitative estimate of drug-likeness (QED) is 0.613. The molecule has 0 aliphatic carbocycles. The van der Waals surface area contributed by atoms with Gasteiger partial charge < -0.3 is 19.6 Å². The maximum absolute atomic E-state index is 12.8. The Bertz CT molecular complexity index is 848. The smallest absolute Gasteiger partial charge is 0.358 e. The molecule has 0 saturated carbocycles. The van der Waals surface area contributed by atoms with Crippen LogP contribution in [0.2, 0.25) is 0 Å². The van der Waals surface area contributed by atoms with Crippen LogP contribution in [0, 0.1) is 10.1 Å². The number of hydrogen-bond acceptors (Lipinski definition) is 4. The van der Waals surface area contributed by atoms with Crippen molar-refractivity contribution in [2.24, 2.45) is 0 Å². The fourth-order valence-electron chi connectivity index (χ4n) is 2.96. The second-order valence-corrected chi connectivity index (χ2v) is 5.97. The van der Waals surface area contributed by atoms with E-state index in [4.69, 9.17) is 0 Å². The number of nitro groups is 1. The van der Waals surface area contributed by atoms with E-state index in [1.54, 1.807) is 0 Å². The van der Waals surface area contributed by atoms with E-state index in [2.05, 4.69) is 4.98 Å². The summed E-state index contributed by atoms with van der Waals surface area (Å²) in [6.07, 6.45) is -0.795. The Labute approximate surface area is 146 Å². The summed E-state index contributed by atoms with van der Waals surface area (Å²) >= 11 is 0. The highest BCUT2D eigenvalue weighted by atomic mass is 19.4. The van der Waals surface area contributed by atoms with Gasteiger partial charge >= 0.3 is 12.0 Å². The summed E-state index contributed by atoms with van der Waals surface area (Å²) in [4.78, 5) is 27.6. The van der Waals surface area contributed by atoms with Crippen LogP contribution in [0.3, 0.4) is 0 Å². The summed E-state index contributed by atoms with van der Waals surface area (Å²) in [6.45, 7) is 0.632. The van der Waals surface area contributed by atoms with Crippen LogP contribution in [0.25, 0.3) is 0 Å². The lowest BCUT2D eigenvalue weighted by atomic mass is 9.98. The highest BCUT2D eigenvalue weighted by Crippen LogP contribution is 2.35. The molecule has 2 aromatic rings. The summed E-state index contributed by atoms with van der Waals surface area (Å²) in [5.74, 6) is -0.553. The number of imidazole rings is 1. The van der Waals surface area contributed by atoms with Crippen LogP contribution in [-0.4, -0.2) is 26.9 Å². The third-order valence-corrected chi connectivity index (χ3v) is 4.22. The highest BCUT2D eigenvalue weighted by Gasteiger charge is 2.32. The average molecular weight is 368 g/mol. The number of amides is 1. The molecule has 1 aromatic carbocycles. The lowest BCUT2D eigenvalue weighted by molar-refractivity contribution is -0.389. The lowest BCUT2D eigenvalue weighted by Gasteiger charge is -2.30. The van der Waals surface area contributed by atoms with Crippen molar-refractivity contribution in [2.75, 3.05) is 11.4 Å². The Hall–Kier alpha value is -2.91. The van der Waals surface area contributed by atoms with Crippen molar-refractivity contribution >= 4 is 17.4 Å². The van der Waals surface area contributed by atoms with Gasteiger partial charge in [0.05, 0.1) is 5.56 Å². The third kappa shape index (κ3) is 3.68. The minimum absolute atomic E-state index is 0.0635. The molecule has 1 amide bonds. The van der Waals surface area contributed by atoms with E-state index in [1.165, 1.54) is 28.1 Å². The van der Waals surface area contributed by atoms with E-state index in [1.807, 2.05) is 0 Å². The van der Waals surface area contributed by atoms with Crippen LogP contribution in [0.4, 0.5) is 24.7 Å². The Kier molecular flexibility index (Phi) is 4.66. The van der Waals surface area contributed by atoms with Crippen LogP contribution in [0.5, 0.6) is 0 Å². The summed E-state index contributed by atoms with van der Waals surface area (Å²) in [5, 5.41) is 10.6. The minimum atomic E-state index is -4.42. The first-order valence-corrected chi connectivity index (χ1v) is 7.92. The standard InChI is InChI=1S/C16H15F3N4O3/c17-16(18,19)12-3-4-13-11(8-12)2-1-6-22(13)15(24)5-7-21-9-14(20-10-21)23(25)26/h3-4,8-10H,1-2,5-7H2. The first-order chi connectivity index (χ1) is 12.3. The van der Waals surface area contributed by atoms with E-state index in [9.17, 15) is 28.1 Å². The van der Waals surface area contributed by atoms with Gasteiger partial charge in [0.15, 0.2) is 0 Å². The largest absolute Gasteiger partial charge is 0.416 e. The van der Waals surface area contributed by atoms with Crippen LogP contribution in [0.1, 0.15) is 24.0 Å². The minimum Gasteiger partial charge on any atom is -0.358 e. The molecular formula is C16H15F3N4O3. The second kappa shape index (κ2) is 6.77. The summed E-state index contributed by atoms with van der Waals surface area (Å²) in [6, 6.07) is 3.40. The molecule has 138 valence electrons. The van der Waals surface area contributed by atoms with Crippen molar-refractivity contribution < 1.29 is 22.9 Å². The van der Waals surface area contributed by atoms with Gasteiger partial charge in [-0.2, -0.15) is 13.2 Å². The van der Waals surface area contributed by atoms with Crippen molar-refractivity contribution in [1.29, 1.82) is 0 Å². The van der Waals surface area contributed by atoms with Crippen molar-refractivity contribution in [3.05, 3.63) is 52.0 Å². The van der Waals surface area contributed by atoms with Crippen LogP contribution < -0.4 is 4.90 Å². The number of fused-ring (bicyclic) bond motifs is 1. The van der Waals surface area contributed by atoms with Gasteiger partial charge in [0.2, 0.25) is 12.2 Å². The van der Waals surface area contributed by atoms with Crippen molar-refractivity contribution in [1.82, 2.24) is 9.55 Å². The van der Waals surface area contributed by atoms with E-state index in [0.29, 0.717) is 30.6 Å². The van der Waals surface area contributed by atoms with E-state index in [-0.39, 0.29) is 24.7 Å². The van der Waals surface area contributed by atoms with E-state index in [0.717, 1.165) is 12.1 Å². The molecule has 1 aliphatic heterocycles. The first-order valence-electron chi connectivity index (χ1n) is 7.92. The molecule has 0 radical (unpaired) electrons. The zero-order chi connectivity index (χ0) is 18.9. The molecule has 0 spiro atoms. The van der Waals surface area contributed by atoms with Gasteiger partial charge in [-0.05, 0) is 46.5 Å². The van der Waals surface area contributed by atoms with Gasteiger partial charge in [-0.15, -0.1) is 0 Å². The number of carbonyl (C=O) groups excluding carboxylic acids is 1. The van der Waals surface area contributed by atoms with Crippen LogP contribution in [0.15, 0.2) is 30.7 Å². The first kappa shape index (κ1) is 17.9. The summed E-state index contributed by atoms with van der Waals surface area (Å²) in [7, 11) is 0. The fraction of sp³-hybridized carbons (Fsp3) is 0.375. The molecule has 7 nitrogen and oxygen atoms in total. The number of benzene rings is 1. The second-order valence-electron chi connectivity index (χ2n) is 5.97. The maximum atomic E-state index is 12.8. The van der Waals surface area contributed by atoms with Gasteiger partial charge in [0.25, 0.3) is 0 Å². The monoisotopic (exact) mass is 368 g/mol. The van der Waals surface area contributed by atoms with Crippen molar-refractivity contribution in [3.8, 4) is 0 Å². The number of alkyl halides is 3. The molecule has 10 heteroatoms. The Morgan fingerprint density at radius 1 is 1.35 bits per heavy atom. The number of nitrogens with zero attached hydrogens (tertiary/aromatic N) is 4. The Balaban J connectivity index is 1.72. The lowest BCUT2D eigenvalue weighted by Crippen LogP contribution is -2.36. The van der Waals surface area contributed by atoms with Crippen LogP contribution >= 0.6 is 0 Å². The van der Waals surface area contributed by atoms with Crippen molar-refractivity contribution in [2.45, 2.75) is 32.0 Å². The molecule has 26 heavy (non-hydrogen) atoms. The molecule has 0 atom stereocenters. The van der Waals surface area contributed by atoms with Crippen molar-refractivity contribution in [3.63, 3.8) is 0 Å². The fourth-order valence-corrected chi connectivity index (χ4v) is 2.96. The number of carbonyl (C=O) groups is 1. The number of rotatable bonds is 4. The molecule has 0 fully saturated rings. The summed E-state index contributed by atoms with van der Waals surface area (Å²) in [5.41, 5.74) is 0.264. The van der Waals surface area contributed by atoms with Gasteiger partial charge in [0.1, 0.15) is 6.20 Å². The molecule has 3 rings (SSSR count). The Morgan fingerprint density at radius 2 is 2.12 bits per heavy atom. The number of aryl methyl sites for hydroxylation is 2. The predicted octanol–water partition coefficient (Wildman–Crippen LogP) is 3.18. The van der Waals surface area contributed by atoms with Crippen LogP contribution in [-0.2, 0) is 23.9 Å². The topological polar surface area (TPSA) is 81.3 Å². The summed E-state index contributed by atoms with van der Waals surface area (Å²) < 4.78 is 40.0. The molecule has 0 saturated heterocycles. The van der Waals surface area contributed by atoms with E-state index < -0.39 is 16.7 Å². The highest BCUT2D eigenvalue weighted by molar-refractivity contribution is 5.94. The van der Waals surface area contributed by atoms with Gasteiger partial charge in [-0.25, -0.2) is 0 Å². The van der Waals surface area contributed by atoms with E-state index >= 15 is 0 Å². The Morgan fingerprint density at radius 3 is 2.77 bits per heavy atom. The molecule has 0 N–H and O–H groups in total. The zero-order valence-corrected chi connectivity index (χ0v) is 13.6. The normalized spacial score (nSPS) is 14.2. The molecule has 1 aromatic heterocycles. The van der Waals surface area contributed by atoms with Gasteiger partial charge in [0, 0.05) is 25.2 Å². The number of halogens is 3. The zero-order valence-electron chi connectivity index (χ0n) is 13.6. The number of aromatic nitrogens is 2. The molecular weight excluding hydrogens is 353 g/mol. The number of anilines is 1. The molecule has 1 aliphatic rings. The average Bonchev–Trinajstić information content (AvgIpc) is 3.07. The molecule has 0 unspecified atom stereocenters. The third-order valence-electron chi connectivity index (χ3n) is 4.22. The molecule has 2 heterocycles. The maximum Gasteiger partial charge on any atom is 0.416 e. The predicted molar refractivity (Wildman–Crippen MR) is 85.6 cm³/mol. The number of hydrogen-bond donors (Lipinski definition) is 0. The SMILES string of the molecule is O=C(CCn1cnc([N+](=O)[O-])c1)N1CCCc2cc(C(F)(F)F)ccc21. The molecule has 0 bridgehead atoms. The van der Waals surface area contributed by atoms with Gasteiger partial charge in [-0.3, -0.25) is 4.79 Å². The van der Waals surface area contributed by atoms with Gasteiger partial charge in [-0.1, -0.05) is 0 Å².